The number of aromatic nitrogens is 2. The second-order valence-electron chi connectivity index (χ2n) is 3.36. The van der Waals surface area contributed by atoms with E-state index in [1.165, 1.54) is 19.5 Å². The molecular formula is C12H10N4O2. The van der Waals surface area contributed by atoms with Crippen LogP contribution in [0.2, 0.25) is 0 Å². The van der Waals surface area contributed by atoms with E-state index in [2.05, 4.69) is 9.97 Å². The van der Waals surface area contributed by atoms with Crippen molar-refractivity contribution in [2.45, 2.75) is 0 Å². The summed E-state index contributed by atoms with van der Waals surface area (Å²) in [6.45, 7) is 0. The maximum Gasteiger partial charge on any atom is 0.224 e. The Morgan fingerprint density at radius 3 is 2.72 bits per heavy atom. The van der Waals surface area contributed by atoms with Gasteiger partial charge in [-0.25, -0.2) is 9.97 Å². The van der Waals surface area contributed by atoms with Crippen LogP contribution in [0.3, 0.4) is 0 Å². The van der Waals surface area contributed by atoms with Crippen LogP contribution in [0.25, 0.3) is 0 Å². The molecule has 0 bridgehead atoms. The highest BCUT2D eigenvalue weighted by molar-refractivity contribution is 5.48. The molecule has 0 fully saturated rings. The standard InChI is InChI=1S/C12H10N4O2/c1-17-10-4-8(6-13)2-3-9(10)18-12-5-11(14)15-7-16-12/h2-5,7H,1H3,(H2,14,15,16). The van der Waals surface area contributed by atoms with Crippen molar-refractivity contribution < 1.29 is 9.47 Å². The molecule has 2 rings (SSSR count). The quantitative estimate of drug-likeness (QED) is 0.880. The summed E-state index contributed by atoms with van der Waals surface area (Å²) < 4.78 is 10.7. The van der Waals surface area contributed by atoms with Gasteiger partial charge in [0.25, 0.3) is 0 Å². The molecule has 0 aliphatic carbocycles. The summed E-state index contributed by atoms with van der Waals surface area (Å²) in [6.07, 6.45) is 1.31. The van der Waals surface area contributed by atoms with E-state index < -0.39 is 0 Å². The van der Waals surface area contributed by atoms with E-state index in [-0.39, 0.29) is 0 Å². The highest BCUT2D eigenvalue weighted by Gasteiger charge is 2.08. The first-order valence-electron chi connectivity index (χ1n) is 5.06. The number of rotatable bonds is 3. The number of methoxy groups -OCH3 is 1. The largest absolute Gasteiger partial charge is 0.493 e. The zero-order chi connectivity index (χ0) is 13.0. The maximum absolute atomic E-state index is 8.79. The molecule has 0 aliphatic rings. The van der Waals surface area contributed by atoms with Crippen LogP contribution in [0.15, 0.2) is 30.6 Å². The van der Waals surface area contributed by atoms with E-state index in [0.29, 0.717) is 28.8 Å². The van der Waals surface area contributed by atoms with E-state index in [9.17, 15) is 0 Å². The molecule has 90 valence electrons. The van der Waals surface area contributed by atoms with E-state index in [1.54, 1.807) is 18.2 Å². The van der Waals surface area contributed by atoms with Crippen LogP contribution in [0, 0.1) is 11.3 Å². The monoisotopic (exact) mass is 242 g/mol. The topological polar surface area (TPSA) is 94.0 Å². The summed E-state index contributed by atoms with van der Waals surface area (Å²) in [5, 5.41) is 8.79. The Morgan fingerprint density at radius 2 is 2.06 bits per heavy atom. The molecule has 0 aliphatic heterocycles. The van der Waals surface area contributed by atoms with Crippen LogP contribution in [0.1, 0.15) is 5.56 Å². The van der Waals surface area contributed by atoms with Crippen molar-refractivity contribution in [1.29, 1.82) is 5.26 Å². The highest BCUT2D eigenvalue weighted by atomic mass is 16.5. The number of ether oxygens (including phenoxy) is 2. The average Bonchev–Trinajstić information content (AvgIpc) is 2.39. The molecule has 0 saturated carbocycles. The summed E-state index contributed by atoms with van der Waals surface area (Å²) in [7, 11) is 1.50. The van der Waals surface area contributed by atoms with Crippen molar-refractivity contribution in [2.75, 3.05) is 12.8 Å². The minimum Gasteiger partial charge on any atom is -0.493 e. The van der Waals surface area contributed by atoms with Crippen LogP contribution < -0.4 is 15.2 Å². The zero-order valence-corrected chi connectivity index (χ0v) is 9.62. The first kappa shape index (κ1) is 11.7. The van der Waals surface area contributed by atoms with Gasteiger partial charge < -0.3 is 15.2 Å². The number of nitriles is 1. The van der Waals surface area contributed by atoms with Crippen LogP contribution in [0.5, 0.6) is 17.4 Å². The molecule has 0 unspecified atom stereocenters. The molecular weight excluding hydrogens is 232 g/mol. The number of nitrogens with two attached hydrogens (primary N) is 1. The summed E-state index contributed by atoms with van der Waals surface area (Å²) in [4.78, 5) is 7.68. The summed E-state index contributed by atoms with van der Waals surface area (Å²) in [5.41, 5.74) is 6.01. The van der Waals surface area contributed by atoms with E-state index >= 15 is 0 Å². The van der Waals surface area contributed by atoms with Gasteiger partial charge in [-0.2, -0.15) is 5.26 Å². The molecule has 0 saturated heterocycles. The SMILES string of the molecule is COc1cc(C#N)ccc1Oc1cc(N)ncn1. The molecule has 0 spiro atoms. The van der Waals surface area contributed by atoms with Gasteiger partial charge in [-0.3, -0.25) is 0 Å². The Balaban J connectivity index is 2.32. The summed E-state index contributed by atoms with van der Waals surface area (Å²) in [5.74, 6) is 1.53. The van der Waals surface area contributed by atoms with Crippen molar-refractivity contribution in [2.24, 2.45) is 0 Å². The second-order valence-corrected chi connectivity index (χ2v) is 3.36. The van der Waals surface area contributed by atoms with Crippen LogP contribution in [-0.4, -0.2) is 17.1 Å². The van der Waals surface area contributed by atoms with Crippen molar-refractivity contribution in [3.8, 4) is 23.4 Å². The van der Waals surface area contributed by atoms with Gasteiger partial charge in [0.1, 0.15) is 12.1 Å². The molecule has 2 aromatic rings. The predicted octanol–water partition coefficient (Wildman–Crippen LogP) is 1.73. The van der Waals surface area contributed by atoms with Crippen molar-refractivity contribution in [3.63, 3.8) is 0 Å². The van der Waals surface area contributed by atoms with Crippen LogP contribution in [-0.2, 0) is 0 Å². The van der Waals surface area contributed by atoms with Gasteiger partial charge >= 0.3 is 0 Å². The fourth-order valence-electron chi connectivity index (χ4n) is 1.34. The first-order chi connectivity index (χ1) is 8.72. The van der Waals surface area contributed by atoms with Crippen molar-refractivity contribution in [1.82, 2.24) is 9.97 Å². The lowest BCUT2D eigenvalue weighted by Gasteiger charge is -2.09. The third-order valence-corrected chi connectivity index (χ3v) is 2.17. The number of anilines is 1. The average molecular weight is 242 g/mol. The van der Waals surface area contributed by atoms with Gasteiger partial charge in [0.15, 0.2) is 11.5 Å². The second kappa shape index (κ2) is 5.01. The molecule has 1 heterocycles. The molecule has 2 N–H and O–H groups in total. The third-order valence-electron chi connectivity index (χ3n) is 2.17. The minimum absolute atomic E-state index is 0.311. The Hall–Kier alpha value is -2.81. The van der Waals surface area contributed by atoms with Gasteiger partial charge in [0.2, 0.25) is 5.88 Å². The van der Waals surface area contributed by atoms with Crippen molar-refractivity contribution in [3.05, 3.63) is 36.2 Å². The van der Waals surface area contributed by atoms with E-state index in [4.69, 9.17) is 20.5 Å². The lowest BCUT2D eigenvalue weighted by Crippen LogP contribution is -1.95. The van der Waals surface area contributed by atoms with Gasteiger partial charge in [0, 0.05) is 12.1 Å². The minimum atomic E-state index is 0.311. The predicted molar refractivity (Wildman–Crippen MR) is 64.2 cm³/mol. The Kier molecular flexibility index (Phi) is 3.25. The molecule has 0 amide bonds. The van der Waals surface area contributed by atoms with E-state index in [0.717, 1.165) is 0 Å². The third kappa shape index (κ3) is 2.47. The molecule has 1 aromatic heterocycles. The first-order valence-corrected chi connectivity index (χ1v) is 5.06. The zero-order valence-electron chi connectivity index (χ0n) is 9.62. The molecule has 6 nitrogen and oxygen atoms in total. The number of nitrogen functional groups attached to an aromatic ring is 1. The van der Waals surface area contributed by atoms with Gasteiger partial charge in [0.05, 0.1) is 18.7 Å². The lowest BCUT2D eigenvalue weighted by atomic mass is 10.2. The summed E-state index contributed by atoms with van der Waals surface area (Å²) in [6, 6.07) is 8.36. The van der Waals surface area contributed by atoms with Gasteiger partial charge in [-0.15, -0.1) is 0 Å². The number of hydrogen-bond donors (Lipinski definition) is 1. The highest BCUT2D eigenvalue weighted by Crippen LogP contribution is 2.31. The van der Waals surface area contributed by atoms with Gasteiger partial charge in [-0.1, -0.05) is 0 Å². The summed E-state index contributed by atoms with van der Waals surface area (Å²) >= 11 is 0. The molecule has 6 heteroatoms. The fraction of sp³-hybridized carbons (Fsp3) is 0.0833. The van der Waals surface area contributed by atoms with Crippen molar-refractivity contribution >= 4 is 5.82 Å². The van der Waals surface area contributed by atoms with Crippen LogP contribution in [0.4, 0.5) is 5.82 Å². The van der Waals surface area contributed by atoms with Gasteiger partial charge in [-0.05, 0) is 12.1 Å². The Labute approximate surface area is 104 Å². The number of hydrogen-bond acceptors (Lipinski definition) is 6. The number of nitrogens with zero attached hydrogens (tertiary/aromatic N) is 3. The van der Waals surface area contributed by atoms with E-state index in [1.807, 2.05) is 6.07 Å². The smallest absolute Gasteiger partial charge is 0.224 e. The Bertz CT molecular complexity index is 607. The lowest BCUT2D eigenvalue weighted by molar-refractivity contribution is 0.374. The molecule has 0 radical (unpaired) electrons. The molecule has 18 heavy (non-hydrogen) atoms. The Morgan fingerprint density at radius 1 is 1.22 bits per heavy atom. The number of benzene rings is 1. The molecule has 1 aromatic carbocycles. The molecule has 0 atom stereocenters. The normalized spacial score (nSPS) is 9.56. The van der Waals surface area contributed by atoms with Crippen LogP contribution >= 0.6 is 0 Å². The fourth-order valence-corrected chi connectivity index (χ4v) is 1.34. The maximum atomic E-state index is 8.79.